The van der Waals surface area contributed by atoms with Crippen molar-refractivity contribution < 1.29 is 41.7 Å². The van der Waals surface area contributed by atoms with Gasteiger partial charge >= 0.3 is 6.18 Å². The molecule has 13 heteroatoms. The van der Waals surface area contributed by atoms with E-state index in [1.807, 2.05) is 0 Å². The predicted molar refractivity (Wildman–Crippen MR) is 148 cm³/mol. The number of fused-ring (bicyclic) bond motifs is 1. The fourth-order valence-corrected chi connectivity index (χ4v) is 5.34. The molecule has 6 rings (SSSR count). The van der Waals surface area contributed by atoms with Crippen molar-refractivity contribution in [2.75, 3.05) is 20.3 Å². The number of aromatic nitrogens is 1. The molecule has 3 aromatic rings. The molecule has 2 heterocycles. The first-order chi connectivity index (χ1) is 20.3. The van der Waals surface area contributed by atoms with Gasteiger partial charge in [0.05, 0.1) is 30.5 Å². The summed E-state index contributed by atoms with van der Waals surface area (Å²) in [5.74, 6) is -1.06. The number of carbonyl (C=O) groups excluding carboxylic acids is 1. The second-order valence-electron chi connectivity index (χ2n) is 11.2. The fourth-order valence-electron chi connectivity index (χ4n) is 5.16. The highest BCUT2D eigenvalue weighted by molar-refractivity contribution is 6.31. The van der Waals surface area contributed by atoms with Gasteiger partial charge in [-0.15, -0.1) is 0 Å². The average Bonchev–Trinajstić information content (AvgIpc) is 3.91. The third-order valence-corrected chi connectivity index (χ3v) is 8.34. The van der Waals surface area contributed by atoms with Crippen LogP contribution in [0, 0.1) is 11.7 Å². The number of hydrogen-bond acceptors (Lipinski definition) is 7. The normalized spacial score (nSPS) is 21.0. The topological polar surface area (TPSA) is 116 Å². The Morgan fingerprint density at radius 1 is 1.16 bits per heavy atom. The van der Waals surface area contributed by atoms with Crippen molar-refractivity contribution in [3.05, 3.63) is 70.1 Å². The van der Waals surface area contributed by atoms with E-state index >= 15 is 0 Å². The molecule has 1 amide bonds. The number of alkyl halides is 3. The van der Waals surface area contributed by atoms with E-state index in [1.54, 1.807) is 12.1 Å². The standard InChI is InChI=1S/C30H28ClF4N3O5/c1-41-23-11-16(3-9-22(23)43-18-6-7-18)27(39)37-13-28(40,17-4-5-17)24-12-19-26(42-14-29(19,36)30(33,34)35)25(38-24)15-2-8-21(32)20(31)10-15/h2-3,8-12,17-18,40H,4-7,13-14,36H2,1H3,(H,37,39). The lowest BCUT2D eigenvalue weighted by molar-refractivity contribution is -0.191. The highest BCUT2D eigenvalue weighted by atomic mass is 35.5. The van der Waals surface area contributed by atoms with Gasteiger partial charge in [-0.3, -0.25) is 4.79 Å². The molecule has 2 aromatic carbocycles. The molecule has 1 aromatic heterocycles. The van der Waals surface area contributed by atoms with Gasteiger partial charge in [0.1, 0.15) is 23.7 Å². The lowest BCUT2D eigenvalue weighted by Crippen LogP contribution is -2.52. The Balaban J connectivity index is 1.36. The van der Waals surface area contributed by atoms with E-state index in [2.05, 4.69) is 10.3 Å². The minimum atomic E-state index is -4.91. The van der Waals surface area contributed by atoms with Gasteiger partial charge in [0.2, 0.25) is 0 Å². The second-order valence-corrected chi connectivity index (χ2v) is 11.6. The number of carbonyl (C=O) groups is 1. The van der Waals surface area contributed by atoms with Crippen molar-refractivity contribution >= 4 is 17.5 Å². The largest absolute Gasteiger partial charge is 0.493 e. The van der Waals surface area contributed by atoms with Crippen molar-refractivity contribution in [3.8, 4) is 28.5 Å². The van der Waals surface area contributed by atoms with Gasteiger partial charge in [-0.25, -0.2) is 9.37 Å². The number of benzene rings is 2. The van der Waals surface area contributed by atoms with Crippen LogP contribution in [-0.4, -0.2) is 48.5 Å². The van der Waals surface area contributed by atoms with Gasteiger partial charge in [-0.05, 0) is 74.1 Å². The Morgan fingerprint density at radius 2 is 1.91 bits per heavy atom. The molecule has 2 fully saturated rings. The Bertz CT molecular complexity index is 1600. The van der Waals surface area contributed by atoms with Gasteiger partial charge in [-0.1, -0.05) is 11.6 Å². The van der Waals surface area contributed by atoms with Crippen LogP contribution in [-0.2, 0) is 11.1 Å². The molecule has 228 valence electrons. The molecule has 0 bridgehead atoms. The number of methoxy groups -OCH3 is 1. The smallest absolute Gasteiger partial charge is 0.414 e. The highest BCUT2D eigenvalue weighted by Gasteiger charge is 2.59. The zero-order chi connectivity index (χ0) is 30.7. The van der Waals surface area contributed by atoms with Crippen LogP contribution in [0.25, 0.3) is 11.3 Å². The first-order valence-corrected chi connectivity index (χ1v) is 14.1. The minimum Gasteiger partial charge on any atom is -0.493 e. The predicted octanol–water partition coefficient (Wildman–Crippen LogP) is 5.23. The summed E-state index contributed by atoms with van der Waals surface area (Å²) in [5, 5.41) is 14.4. The van der Waals surface area contributed by atoms with Crippen molar-refractivity contribution in [1.29, 1.82) is 0 Å². The van der Waals surface area contributed by atoms with Crippen LogP contribution in [0.4, 0.5) is 17.6 Å². The van der Waals surface area contributed by atoms with Gasteiger partial charge < -0.3 is 30.4 Å². The number of amides is 1. The lowest BCUT2D eigenvalue weighted by Gasteiger charge is -2.31. The monoisotopic (exact) mass is 621 g/mol. The maximum absolute atomic E-state index is 14.2. The summed E-state index contributed by atoms with van der Waals surface area (Å²) in [5.41, 5.74) is 0.865. The summed E-state index contributed by atoms with van der Waals surface area (Å²) in [6.07, 6.45) is -1.81. The van der Waals surface area contributed by atoms with Crippen molar-refractivity contribution in [2.24, 2.45) is 11.7 Å². The number of pyridine rings is 1. The number of ether oxygens (including phenoxy) is 3. The van der Waals surface area contributed by atoms with E-state index in [0.717, 1.165) is 25.0 Å². The molecule has 0 radical (unpaired) electrons. The molecule has 2 unspecified atom stereocenters. The number of halogens is 5. The van der Waals surface area contributed by atoms with E-state index in [0.29, 0.717) is 24.3 Å². The van der Waals surface area contributed by atoms with E-state index in [9.17, 15) is 27.5 Å². The average molecular weight is 622 g/mol. The van der Waals surface area contributed by atoms with Crippen LogP contribution in [0.15, 0.2) is 42.5 Å². The van der Waals surface area contributed by atoms with Crippen LogP contribution in [0.1, 0.15) is 47.3 Å². The second kappa shape index (κ2) is 10.5. The van der Waals surface area contributed by atoms with Crippen molar-refractivity contribution in [3.63, 3.8) is 0 Å². The summed E-state index contributed by atoms with van der Waals surface area (Å²) < 4.78 is 73.3. The van der Waals surface area contributed by atoms with E-state index in [1.165, 1.54) is 25.3 Å². The molecule has 2 saturated carbocycles. The van der Waals surface area contributed by atoms with E-state index < -0.39 is 47.1 Å². The molecular formula is C30H28ClF4N3O5. The number of nitrogens with one attached hydrogen (secondary N) is 1. The molecule has 4 N–H and O–H groups in total. The number of nitrogens with two attached hydrogens (primary N) is 1. The molecule has 8 nitrogen and oxygen atoms in total. The third-order valence-electron chi connectivity index (χ3n) is 8.06. The maximum Gasteiger partial charge on any atom is 0.414 e. The molecule has 43 heavy (non-hydrogen) atoms. The van der Waals surface area contributed by atoms with Crippen LogP contribution >= 0.6 is 11.6 Å². The minimum absolute atomic E-state index is 0.0904. The highest BCUT2D eigenvalue weighted by Crippen LogP contribution is 2.52. The molecule has 0 saturated heterocycles. The summed E-state index contributed by atoms with van der Waals surface area (Å²) >= 11 is 5.97. The first kappa shape index (κ1) is 29.5. The van der Waals surface area contributed by atoms with Crippen LogP contribution < -0.4 is 25.3 Å². The summed E-state index contributed by atoms with van der Waals surface area (Å²) in [6, 6.07) is 9.33. The molecule has 2 atom stereocenters. The Hall–Kier alpha value is -3.61. The summed E-state index contributed by atoms with van der Waals surface area (Å²) in [6.45, 7) is -1.28. The number of nitrogens with zero attached hydrogens (tertiary/aromatic N) is 1. The first-order valence-electron chi connectivity index (χ1n) is 13.7. The van der Waals surface area contributed by atoms with Gasteiger partial charge in [-0.2, -0.15) is 13.2 Å². The third kappa shape index (κ3) is 5.36. The van der Waals surface area contributed by atoms with Crippen LogP contribution in [0.5, 0.6) is 17.2 Å². The van der Waals surface area contributed by atoms with E-state index in [-0.39, 0.29) is 45.9 Å². The Morgan fingerprint density at radius 3 is 2.53 bits per heavy atom. The molecule has 0 spiro atoms. The number of hydrogen-bond donors (Lipinski definition) is 3. The zero-order valence-electron chi connectivity index (χ0n) is 22.9. The SMILES string of the molecule is COc1cc(C(=O)NCC(O)(c2cc3c(c(-c4ccc(F)c(Cl)c4)n2)OCC3(N)C(F)(F)F)C2CC2)ccc1OC1CC1. The van der Waals surface area contributed by atoms with Crippen molar-refractivity contribution in [1.82, 2.24) is 10.3 Å². The summed E-state index contributed by atoms with van der Waals surface area (Å²) in [4.78, 5) is 17.7. The molecule has 2 aliphatic carbocycles. The molecule has 1 aliphatic heterocycles. The van der Waals surface area contributed by atoms with E-state index in [4.69, 9.17) is 31.5 Å². The number of rotatable bonds is 9. The van der Waals surface area contributed by atoms with Crippen LogP contribution in [0.3, 0.4) is 0 Å². The number of aliphatic hydroxyl groups is 1. The fraction of sp³-hybridized carbons (Fsp3) is 0.400. The Kier molecular flexibility index (Phi) is 7.22. The van der Waals surface area contributed by atoms with Crippen LogP contribution in [0.2, 0.25) is 5.02 Å². The zero-order valence-corrected chi connectivity index (χ0v) is 23.7. The molecule has 3 aliphatic rings. The van der Waals surface area contributed by atoms with Crippen molar-refractivity contribution in [2.45, 2.75) is 49.1 Å². The van der Waals surface area contributed by atoms with Gasteiger partial charge in [0, 0.05) is 16.7 Å². The summed E-state index contributed by atoms with van der Waals surface area (Å²) in [7, 11) is 1.45. The maximum atomic E-state index is 14.2. The molecular weight excluding hydrogens is 594 g/mol. The Labute approximate surface area is 249 Å². The lowest BCUT2D eigenvalue weighted by atomic mass is 9.86. The quantitative estimate of drug-likeness (QED) is 0.280. The van der Waals surface area contributed by atoms with Gasteiger partial charge in [0.15, 0.2) is 22.8 Å². The van der Waals surface area contributed by atoms with Gasteiger partial charge in [0.25, 0.3) is 5.91 Å².